The SMILES string of the molecule is CCN(CC)CCSCC1(CC(=O)O)CC1. The van der Waals surface area contributed by atoms with Crippen molar-refractivity contribution in [2.24, 2.45) is 5.41 Å². The smallest absolute Gasteiger partial charge is 0.303 e. The lowest BCUT2D eigenvalue weighted by molar-refractivity contribution is -0.138. The largest absolute Gasteiger partial charge is 0.481 e. The van der Waals surface area contributed by atoms with Crippen LogP contribution in [0.3, 0.4) is 0 Å². The summed E-state index contributed by atoms with van der Waals surface area (Å²) in [7, 11) is 0. The summed E-state index contributed by atoms with van der Waals surface area (Å²) in [6, 6.07) is 0. The Hall–Kier alpha value is -0.220. The number of aliphatic carboxylic acids is 1. The number of rotatable bonds is 9. The molecular weight excluding hydrogens is 222 g/mol. The standard InChI is InChI=1S/C12H23NO2S/c1-3-13(4-2)7-8-16-10-12(5-6-12)9-11(14)15/h3-10H2,1-2H3,(H,14,15). The first kappa shape index (κ1) is 13.8. The number of hydrogen-bond acceptors (Lipinski definition) is 3. The van der Waals surface area contributed by atoms with E-state index >= 15 is 0 Å². The quantitative estimate of drug-likeness (QED) is 0.633. The van der Waals surface area contributed by atoms with Gasteiger partial charge in [-0.15, -0.1) is 0 Å². The van der Waals surface area contributed by atoms with Crippen molar-refractivity contribution < 1.29 is 9.90 Å². The molecular formula is C12H23NO2S. The summed E-state index contributed by atoms with van der Waals surface area (Å²) in [5, 5.41) is 8.79. The van der Waals surface area contributed by atoms with Crippen molar-refractivity contribution >= 4 is 17.7 Å². The molecule has 0 saturated heterocycles. The molecule has 4 heteroatoms. The van der Waals surface area contributed by atoms with Crippen LogP contribution in [0.1, 0.15) is 33.1 Å². The third-order valence-electron chi connectivity index (χ3n) is 3.34. The van der Waals surface area contributed by atoms with E-state index < -0.39 is 5.97 Å². The van der Waals surface area contributed by atoms with Crippen LogP contribution < -0.4 is 0 Å². The molecule has 0 unspecified atom stereocenters. The number of carboxylic acid groups (broad SMARTS) is 1. The Morgan fingerprint density at radius 3 is 2.44 bits per heavy atom. The molecule has 0 radical (unpaired) electrons. The zero-order valence-corrected chi connectivity index (χ0v) is 11.2. The van der Waals surface area contributed by atoms with Crippen LogP contribution in [-0.4, -0.2) is 47.1 Å². The van der Waals surface area contributed by atoms with Crippen molar-refractivity contribution in [3.8, 4) is 0 Å². The molecule has 0 aromatic heterocycles. The Morgan fingerprint density at radius 1 is 1.38 bits per heavy atom. The molecule has 94 valence electrons. The lowest BCUT2D eigenvalue weighted by Gasteiger charge is -2.18. The summed E-state index contributed by atoms with van der Waals surface area (Å²) >= 11 is 1.92. The van der Waals surface area contributed by atoms with E-state index in [1.54, 1.807) is 0 Å². The van der Waals surface area contributed by atoms with E-state index in [4.69, 9.17) is 5.11 Å². The van der Waals surface area contributed by atoms with Gasteiger partial charge in [-0.3, -0.25) is 4.79 Å². The first-order valence-corrected chi connectivity index (χ1v) is 7.29. The molecule has 0 atom stereocenters. The van der Waals surface area contributed by atoms with Crippen LogP contribution in [-0.2, 0) is 4.79 Å². The van der Waals surface area contributed by atoms with Gasteiger partial charge in [-0.2, -0.15) is 11.8 Å². The van der Waals surface area contributed by atoms with Gasteiger partial charge >= 0.3 is 5.97 Å². The van der Waals surface area contributed by atoms with E-state index in [0.29, 0.717) is 6.42 Å². The van der Waals surface area contributed by atoms with Gasteiger partial charge in [0.05, 0.1) is 6.42 Å². The maximum Gasteiger partial charge on any atom is 0.303 e. The van der Waals surface area contributed by atoms with Crippen molar-refractivity contribution in [1.29, 1.82) is 0 Å². The first-order valence-electron chi connectivity index (χ1n) is 6.14. The number of hydrogen-bond donors (Lipinski definition) is 1. The molecule has 1 N–H and O–H groups in total. The van der Waals surface area contributed by atoms with Gasteiger partial charge in [0.1, 0.15) is 0 Å². The summed E-state index contributed by atoms with van der Waals surface area (Å²) in [5.41, 5.74) is 0.153. The summed E-state index contributed by atoms with van der Waals surface area (Å²) in [5.74, 6) is 1.52. The minimum atomic E-state index is -0.637. The third-order valence-corrected chi connectivity index (χ3v) is 4.63. The summed E-state index contributed by atoms with van der Waals surface area (Å²) < 4.78 is 0. The van der Waals surface area contributed by atoms with Crippen LogP contribution in [0.5, 0.6) is 0 Å². The molecule has 0 aromatic rings. The van der Waals surface area contributed by atoms with Gasteiger partial charge in [0, 0.05) is 12.3 Å². The van der Waals surface area contributed by atoms with Gasteiger partial charge in [0.2, 0.25) is 0 Å². The van der Waals surface area contributed by atoms with Crippen molar-refractivity contribution in [3.63, 3.8) is 0 Å². The van der Waals surface area contributed by atoms with Crippen molar-refractivity contribution in [3.05, 3.63) is 0 Å². The second kappa shape index (κ2) is 6.50. The van der Waals surface area contributed by atoms with Gasteiger partial charge in [0.15, 0.2) is 0 Å². The molecule has 1 rings (SSSR count). The van der Waals surface area contributed by atoms with Gasteiger partial charge in [-0.05, 0) is 37.1 Å². The van der Waals surface area contributed by atoms with Crippen LogP contribution in [0.25, 0.3) is 0 Å². The lowest BCUT2D eigenvalue weighted by Crippen LogP contribution is -2.25. The lowest BCUT2D eigenvalue weighted by atomic mass is 10.1. The fraction of sp³-hybridized carbons (Fsp3) is 0.917. The van der Waals surface area contributed by atoms with Gasteiger partial charge in [0.25, 0.3) is 0 Å². The highest BCUT2D eigenvalue weighted by Crippen LogP contribution is 2.50. The van der Waals surface area contributed by atoms with Crippen LogP contribution in [0, 0.1) is 5.41 Å². The highest BCUT2D eigenvalue weighted by atomic mass is 32.2. The average molecular weight is 245 g/mol. The molecule has 3 nitrogen and oxygen atoms in total. The van der Waals surface area contributed by atoms with E-state index in [-0.39, 0.29) is 5.41 Å². The zero-order valence-electron chi connectivity index (χ0n) is 10.4. The molecule has 1 aliphatic carbocycles. The van der Waals surface area contributed by atoms with E-state index in [0.717, 1.165) is 44.0 Å². The Kier molecular flexibility index (Phi) is 5.62. The second-order valence-electron chi connectivity index (χ2n) is 4.65. The molecule has 1 saturated carbocycles. The molecule has 0 aliphatic heterocycles. The zero-order chi connectivity index (χ0) is 12.0. The van der Waals surface area contributed by atoms with Crippen LogP contribution in [0.2, 0.25) is 0 Å². The molecule has 0 spiro atoms. The number of carboxylic acids is 1. The molecule has 0 amide bonds. The normalized spacial score (nSPS) is 17.7. The Balaban J connectivity index is 2.09. The van der Waals surface area contributed by atoms with E-state index in [1.807, 2.05) is 11.8 Å². The van der Waals surface area contributed by atoms with Crippen LogP contribution in [0.4, 0.5) is 0 Å². The maximum absolute atomic E-state index is 10.7. The fourth-order valence-corrected chi connectivity index (χ4v) is 3.25. The van der Waals surface area contributed by atoms with E-state index in [9.17, 15) is 4.79 Å². The number of carbonyl (C=O) groups is 1. The summed E-state index contributed by atoms with van der Waals surface area (Å²) in [6.45, 7) is 7.71. The van der Waals surface area contributed by atoms with Crippen LogP contribution in [0.15, 0.2) is 0 Å². The Morgan fingerprint density at radius 2 is 2.00 bits per heavy atom. The molecule has 0 bridgehead atoms. The van der Waals surface area contributed by atoms with Gasteiger partial charge < -0.3 is 10.0 Å². The predicted octanol–water partition coefficient (Wildman–Crippen LogP) is 2.32. The highest BCUT2D eigenvalue weighted by Gasteiger charge is 2.43. The Bertz CT molecular complexity index is 225. The molecule has 1 aliphatic rings. The van der Waals surface area contributed by atoms with Crippen LogP contribution >= 0.6 is 11.8 Å². The molecule has 0 aromatic carbocycles. The van der Waals surface area contributed by atoms with Crippen molar-refractivity contribution in [2.45, 2.75) is 33.1 Å². The molecule has 1 fully saturated rings. The topological polar surface area (TPSA) is 40.5 Å². The predicted molar refractivity (Wildman–Crippen MR) is 69.0 cm³/mol. The van der Waals surface area contributed by atoms with E-state index in [2.05, 4.69) is 18.7 Å². The Labute approximate surface area is 103 Å². The number of thioether (sulfide) groups is 1. The van der Waals surface area contributed by atoms with Crippen molar-refractivity contribution in [1.82, 2.24) is 4.90 Å². The first-order chi connectivity index (χ1) is 7.62. The average Bonchev–Trinajstić information content (AvgIpc) is 2.98. The van der Waals surface area contributed by atoms with E-state index in [1.165, 1.54) is 0 Å². The van der Waals surface area contributed by atoms with Gasteiger partial charge in [-0.1, -0.05) is 13.8 Å². The number of nitrogens with zero attached hydrogens (tertiary/aromatic N) is 1. The monoisotopic (exact) mass is 245 g/mol. The second-order valence-corrected chi connectivity index (χ2v) is 5.76. The minimum absolute atomic E-state index is 0.153. The fourth-order valence-electron chi connectivity index (χ4n) is 1.89. The molecule has 0 heterocycles. The molecule has 16 heavy (non-hydrogen) atoms. The van der Waals surface area contributed by atoms with Crippen molar-refractivity contribution in [2.75, 3.05) is 31.1 Å². The third kappa shape index (κ3) is 4.74. The summed E-state index contributed by atoms with van der Waals surface area (Å²) in [4.78, 5) is 13.1. The maximum atomic E-state index is 10.7. The van der Waals surface area contributed by atoms with Gasteiger partial charge in [-0.25, -0.2) is 0 Å². The minimum Gasteiger partial charge on any atom is -0.481 e. The highest BCUT2D eigenvalue weighted by molar-refractivity contribution is 7.99. The summed E-state index contributed by atoms with van der Waals surface area (Å²) in [6.07, 6.45) is 2.58.